The number of halogens is 6. The van der Waals surface area contributed by atoms with Crippen molar-refractivity contribution in [2.45, 2.75) is 130 Å². The molecule has 0 spiro atoms. The monoisotopic (exact) mass is 1430 g/mol. The number of phosphoric ester groups is 2. The van der Waals surface area contributed by atoms with Crippen LogP contribution in [0, 0.1) is 67.2 Å². The van der Waals surface area contributed by atoms with Gasteiger partial charge in [0.1, 0.15) is 29.0 Å². The lowest BCUT2D eigenvalue weighted by Gasteiger charge is -2.61. The Morgan fingerprint density at radius 3 is 1.55 bits per heavy atom. The van der Waals surface area contributed by atoms with Gasteiger partial charge in [0.15, 0.2) is 0 Å². The Morgan fingerprint density at radius 2 is 1.16 bits per heavy atom. The van der Waals surface area contributed by atoms with E-state index in [1.807, 2.05) is 27.7 Å². The van der Waals surface area contributed by atoms with Crippen LogP contribution in [-0.2, 0) is 38.7 Å². The molecule has 6 aromatic heterocycles. The molecule has 3 atom stereocenters. The lowest BCUT2D eigenvalue weighted by atomic mass is 9.50. The number of ether oxygens (including phenoxy) is 2. The number of hydrogen-bond donors (Lipinski definition) is 6. The molecule has 4 aliphatic carbocycles. The third kappa shape index (κ3) is 15.5. The molecule has 2 amide bonds. The van der Waals surface area contributed by atoms with Gasteiger partial charge in [-0.2, -0.15) is 8.78 Å². The van der Waals surface area contributed by atoms with Crippen LogP contribution in [0.25, 0.3) is 21.8 Å². The van der Waals surface area contributed by atoms with Crippen molar-refractivity contribution >= 4 is 95.6 Å². The van der Waals surface area contributed by atoms with E-state index in [4.69, 9.17) is 45.5 Å². The number of nitrogens with zero attached hydrogens (tertiary/aromatic N) is 12. The lowest BCUT2D eigenvalue weighted by Crippen LogP contribution is -2.59. The van der Waals surface area contributed by atoms with E-state index in [1.165, 1.54) is 60.7 Å². The lowest BCUT2D eigenvalue weighted by molar-refractivity contribution is -0.0989. The fourth-order valence-corrected chi connectivity index (χ4v) is 12.3. The number of alkyl halides is 2. The Morgan fingerprint density at radius 1 is 0.724 bits per heavy atom. The first-order valence-corrected chi connectivity index (χ1v) is 34.2. The smallest absolute Gasteiger partial charge is 0.421 e. The van der Waals surface area contributed by atoms with E-state index in [2.05, 4.69) is 92.9 Å². The van der Waals surface area contributed by atoms with E-state index in [0.717, 1.165) is 41.0 Å². The first-order valence-electron chi connectivity index (χ1n) is 30.3. The number of rotatable bonds is 21. The molecule has 98 heavy (non-hydrogen) atoms. The van der Waals surface area contributed by atoms with Crippen molar-refractivity contribution in [3.05, 3.63) is 140 Å². The van der Waals surface area contributed by atoms with Gasteiger partial charge in [-0.1, -0.05) is 99.1 Å². The summed E-state index contributed by atoms with van der Waals surface area (Å²) in [6, 6.07) is 8.46. The summed E-state index contributed by atoms with van der Waals surface area (Å²) in [5.41, 5.74) is 1.83. The second-order valence-electron chi connectivity index (χ2n) is 26.4. The van der Waals surface area contributed by atoms with Gasteiger partial charge in [0, 0.05) is 58.3 Å². The van der Waals surface area contributed by atoms with Crippen molar-refractivity contribution in [1.82, 2.24) is 49.9 Å². The zero-order valence-electron chi connectivity index (χ0n) is 54.2. The molecule has 8 aromatic rings. The number of pyridine rings is 4. The second-order valence-corrected chi connectivity index (χ2v) is 29.7. The highest BCUT2D eigenvalue weighted by atomic mass is 35.5. The van der Waals surface area contributed by atoms with Crippen molar-refractivity contribution in [3.8, 4) is 24.7 Å². The van der Waals surface area contributed by atoms with Crippen LogP contribution in [0.3, 0.4) is 0 Å². The Kier molecular flexibility index (Phi) is 20.5. The molecule has 0 unspecified atom stereocenters. The molecule has 34 heteroatoms. The molecular weight excluding hydrogens is 1370 g/mol. The van der Waals surface area contributed by atoms with Gasteiger partial charge in [-0.25, -0.2) is 55.9 Å². The van der Waals surface area contributed by atoms with E-state index in [-0.39, 0.29) is 79.3 Å². The quantitative estimate of drug-likeness (QED) is 0.0128. The van der Waals surface area contributed by atoms with Crippen LogP contribution in [0.1, 0.15) is 138 Å². The molecule has 6 heterocycles. The minimum absolute atomic E-state index is 0.0201. The second kappa shape index (κ2) is 27.7. The molecule has 0 radical (unpaired) electrons. The van der Waals surface area contributed by atoms with Crippen LogP contribution >= 0.6 is 38.8 Å². The number of carbonyl (C=O) groups is 2. The van der Waals surface area contributed by atoms with Gasteiger partial charge in [0.25, 0.3) is 6.43 Å². The average molecular weight is 1430 g/mol. The Labute approximate surface area is 569 Å². The highest BCUT2D eigenvalue weighted by molar-refractivity contribution is 7.46. The normalized spacial score (nSPS) is 17.3. The zero-order valence-corrected chi connectivity index (χ0v) is 57.5. The number of nitrogens with one attached hydrogen (secondary N) is 2. The number of anilines is 4. The van der Waals surface area contributed by atoms with Crippen molar-refractivity contribution in [2.75, 3.05) is 40.6 Å². The number of phosphoric acid groups is 2. The van der Waals surface area contributed by atoms with Crippen LogP contribution in [-0.4, -0.2) is 114 Å². The molecule has 0 saturated heterocycles. The van der Waals surface area contributed by atoms with E-state index in [9.17, 15) is 55.9 Å². The van der Waals surface area contributed by atoms with E-state index < -0.39 is 77.4 Å². The third-order valence-corrected chi connectivity index (χ3v) is 18.8. The van der Waals surface area contributed by atoms with Crippen LogP contribution < -0.4 is 20.4 Å². The minimum Gasteiger partial charge on any atom is -0.421 e. The number of aromatic nitrogens is 10. The van der Waals surface area contributed by atoms with Crippen molar-refractivity contribution in [2.24, 2.45) is 16.7 Å². The summed E-state index contributed by atoms with van der Waals surface area (Å²) in [5.74, 6) is 4.34. The van der Waals surface area contributed by atoms with Crippen LogP contribution in [0.4, 0.5) is 49.9 Å². The zero-order chi connectivity index (χ0) is 71.4. The predicted octanol–water partition coefficient (Wildman–Crippen LogP) is 12.8. The van der Waals surface area contributed by atoms with Gasteiger partial charge < -0.3 is 39.7 Å². The first-order chi connectivity index (χ1) is 45.9. The Balaban J connectivity index is 0.000000212. The molecule has 0 aliphatic heterocycles. The summed E-state index contributed by atoms with van der Waals surface area (Å²) in [4.78, 5) is 84.1. The topological polar surface area (TPSA) is 330 Å². The highest BCUT2D eigenvalue weighted by Gasteiger charge is 2.59. The maximum absolute atomic E-state index is 14.3. The van der Waals surface area contributed by atoms with Gasteiger partial charge in [0.2, 0.25) is 25.5 Å². The summed E-state index contributed by atoms with van der Waals surface area (Å²) in [6.07, 6.45) is 15.8. The fourth-order valence-electron chi connectivity index (χ4n) is 11.4. The number of aryl methyl sites for hydroxylation is 2. The summed E-state index contributed by atoms with van der Waals surface area (Å²) in [5, 5.41) is 25.0. The number of fused-ring (bicyclic) bond motifs is 2. The van der Waals surface area contributed by atoms with Crippen molar-refractivity contribution in [3.63, 3.8) is 0 Å². The molecule has 2 aromatic carbocycles. The largest absolute Gasteiger partial charge is 0.472 e. The molecule has 12 rings (SSSR count). The number of terminal acetylenes is 2. The maximum atomic E-state index is 14.3. The van der Waals surface area contributed by atoms with Gasteiger partial charge in [-0.15, -0.1) is 23.0 Å². The number of benzene rings is 2. The van der Waals surface area contributed by atoms with Crippen LogP contribution in [0.15, 0.2) is 73.3 Å². The summed E-state index contributed by atoms with van der Waals surface area (Å²) < 4.78 is 102. The van der Waals surface area contributed by atoms with Crippen molar-refractivity contribution < 1.29 is 74.4 Å². The summed E-state index contributed by atoms with van der Waals surface area (Å²) in [6.45, 7) is 15.5. The highest BCUT2D eigenvalue weighted by Crippen LogP contribution is 2.62. The Bertz CT molecular complexity index is 4590. The molecule has 518 valence electrons. The molecule has 6 N–H and O–H groups in total. The van der Waals surface area contributed by atoms with Crippen molar-refractivity contribution in [1.29, 1.82) is 0 Å². The van der Waals surface area contributed by atoms with E-state index in [0.29, 0.717) is 68.0 Å². The molecule has 4 fully saturated rings. The standard InChI is InChI=1S/C33H36ClFN7O6P.C31H32ClF3N7O6P/c1-7-21-15-36-29-24(28(21)38-19(3)32(4,5)6)10-22(11-25(29)34)42(31(43)47-17-48-49(44,45)46)30(23-8-9-27(35)37-18(23)2)26-16-41(40-39-26)33-12-20(13-33)14-33;1-6-18-13-36-26-21(25(18)37-15-30(3,4)5)11-19(12-22(26)32)42(29(43)47-16-48-49(44,45)46)27(20-7-8-24(33)38-17(20)2)23-14-41(40-39-23)31(9-10-31)28(34)35/h1,8-11,15-16,19-20,30H,12-14,17H2,2-6H3,(H,36,38)(H2,44,45,46);1,7-8,11-14,27-28H,9-10,15-16H2,2-5H3,(H,36,37)(H2,44,45,46)/t19-,20?,30+,33?;27-/m10/s1. The molecule has 2 bridgehead atoms. The fraction of sp³-hybridized carbons (Fsp3) is 0.406. The molecule has 4 aliphatic rings. The van der Waals surface area contributed by atoms with Gasteiger partial charge in [-0.05, 0) is 106 Å². The number of hydrogen-bond acceptors (Lipinski definition) is 18. The maximum Gasteiger partial charge on any atom is 0.472 e. The van der Waals surface area contributed by atoms with Gasteiger partial charge in [0.05, 0.1) is 72.9 Å². The number of carbonyl (C=O) groups excluding carboxylic acids is 2. The molecular formula is C64H68Cl2F4N14O12P2. The van der Waals surface area contributed by atoms with Gasteiger partial charge in [-0.3, -0.25) is 19.8 Å². The third-order valence-electron chi connectivity index (χ3n) is 17.3. The van der Waals surface area contributed by atoms with E-state index >= 15 is 0 Å². The first kappa shape index (κ1) is 72.4. The number of amides is 2. The Hall–Kier alpha value is -8.38. The average Bonchev–Trinajstić information content (AvgIpc) is 1.20. The van der Waals surface area contributed by atoms with E-state index in [1.54, 1.807) is 23.9 Å². The SMILES string of the molecule is C#Cc1cnc2c(Cl)cc(N(C(=O)OCOP(=O)(O)O)[C@H](c3cn(C4(C(F)F)CC4)nn3)c3ccc(F)nc3C)cc2c1NCC(C)(C)C.C#Cc1cnc2c(Cl)cc(N(C(=O)OCOP(=O)(O)O)[C@H](c3cn(C45CC(C4)C5)nn3)c3ccc(F)nc3C)cc2c1N[C@H](C)C(C)(C)C. The minimum atomic E-state index is -5.07. The van der Waals surface area contributed by atoms with Crippen LogP contribution in [0.5, 0.6) is 0 Å². The summed E-state index contributed by atoms with van der Waals surface area (Å²) in [7, 11) is -10.1. The predicted molar refractivity (Wildman–Crippen MR) is 354 cm³/mol. The van der Waals surface area contributed by atoms with Crippen LogP contribution in [0.2, 0.25) is 10.0 Å². The van der Waals surface area contributed by atoms with Gasteiger partial charge >= 0.3 is 27.8 Å². The summed E-state index contributed by atoms with van der Waals surface area (Å²) >= 11 is 13.6. The molecule has 26 nitrogen and oxygen atoms in total. The molecule has 4 saturated carbocycles.